The first-order valence-electron chi connectivity index (χ1n) is 10.5. The van der Waals surface area contributed by atoms with Gasteiger partial charge in [-0.2, -0.15) is 0 Å². The monoisotopic (exact) mass is 439 g/mol. The highest BCUT2D eigenvalue weighted by Crippen LogP contribution is 2.29. The summed E-state index contributed by atoms with van der Waals surface area (Å²) >= 11 is 0. The number of ether oxygens (including phenoxy) is 1. The van der Waals surface area contributed by atoms with Crippen molar-refractivity contribution in [2.45, 2.75) is 13.5 Å². The number of anilines is 3. The van der Waals surface area contributed by atoms with Gasteiger partial charge in [0.1, 0.15) is 17.9 Å². The Labute approximate surface area is 192 Å². The van der Waals surface area contributed by atoms with E-state index in [0.717, 1.165) is 28.3 Å². The summed E-state index contributed by atoms with van der Waals surface area (Å²) in [6.45, 7) is 2.50. The van der Waals surface area contributed by atoms with Gasteiger partial charge in [-0.3, -0.25) is 0 Å². The Hall–Kier alpha value is -4.39. The second kappa shape index (κ2) is 10.3. The second-order valence-electron chi connectivity index (χ2n) is 7.48. The Morgan fingerprint density at radius 2 is 1.64 bits per heavy atom. The molecular formula is C26H25N5O2. The second-order valence-corrected chi connectivity index (χ2v) is 7.48. The SMILES string of the molecule is COc1ccccc1-c1cc(Nc2ccc(NC(=O)NCc3ccc(C)cc3)cc2)ncn1. The van der Waals surface area contributed by atoms with Crippen LogP contribution < -0.4 is 20.7 Å². The van der Waals surface area contributed by atoms with Gasteiger partial charge in [-0.25, -0.2) is 14.8 Å². The molecule has 166 valence electrons. The number of urea groups is 1. The first-order valence-corrected chi connectivity index (χ1v) is 10.5. The fraction of sp³-hybridized carbons (Fsp3) is 0.115. The highest BCUT2D eigenvalue weighted by molar-refractivity contribution is 5.89. The Bertz CT molecular complexity index is 1220. The Balaban J connectivity index is 1.36. The summed E-state index contributed by atoms with van der Waals surface area (Å²) in [6.07, 6.45) is 1.51. The third-order valence-corrected chi connectivity index (χ3v) is 5.04. The normalized spacial score (nSPS) is 10.4. The van der Waals surface area contributed by atoms with Gasteiger partial charge in [0.05, 0.1) is 12.8 Å². The topological polar surface area (TPSA) is 88.2 Å². The molecule has 0 saturated heterocycles. The predicted molar refractivity (Wildman–Crippen MR) is 131 cm³/mol. The number of rotatable bonds is 7. The van der Waals surface area contributed by atoms with Crippen LogP contribution in [0.15, 0.2) is 85.2 Å². The molecule has 0 atom stereocenters. The molecule has 4 aromatic rings. The smallest absolute Gasteiger partial charge is 0.319 e. The molecule has 0 unspecified atom stereocenters. The van der Waals surface area contributed by atoms with E-state index < -0.39 is 0 Å². The van der Waals surface area contributed by atoms with Gasteiger partial charge in [-0.15, -0.1) is 0 Å². The number of hydrogen-bond donors (Lipinski definition) is 3. The van der Waals surface area contributed by atoms with Crippen LogP contribution in [0.25, 0.3) is 11.3 Å². The number of nitrogens with zero attached hydrogens (tertiary/aromatic N) is 2. The van der Waals surface area contributed by atoms with Crippen LogP contribution in [0.3, 0.4) is 0 Å². The number of para-hydroxylation sites is 1. The number of amides is 2. The van der Waals surface area contributed by atoms with E-state index in [-0.39, 0.29) is 6.03 Å². The van der Waals surface area contributed by atoms with Crippen molar-refractivity contribution in [2.24, 2.45) is 0 Å². The zero-order valence-electron chi connectivity index (χ0n) is 18.5. The first kappa shape index (κ1) is 21.8. The van der Waals surface area contributed by atoms with E-state index in [0.29, 0.717) is 18.1 Å². The summed E-state index contributed by atoms with van der Waals surface area (Å²) in [5.41, 5.74) is 5.42. The maximum atomic E-state index is 12.2. The van der Waals surface area contributed by atoms with Gasteiger partial charge in [0.15, 0.2) is 0 Å². The van der Waals surface area contributed by atoms with Crippen molar-refractivity contribution in [2.75, 3.05) is 17.7 Å². The lowest BCUT2D eigenvalue weighted by Gasteiger charge is -2.11. The number of hydrogen-bond acceptors (Lipinski definition) is 5. The summed E-state index contributed by atoms with van der Waals surface area (Å²) in [5, 5.41) is 8.96. The average Bonchev–Trinajstić information content (AvgIpc) is 2.85. The van der Waals surface area contributed by atoms with Crippen LogP contribution in [0.2, 0.25) is 0 Å². The molecule has 1 heterocycles. The van der Waals surface area contributed by atoms with Crippen molar-refractivity contribution >= 4 is 23.2 Å². The van der Waals surface area contributed by atoms with E-state index in [1.165, 1.54) is 11.9 Å². The lowest BCUT2D eigenvalue weighted by atomic mass is 10.1. The molecular weight excluding hydrogens is 414 g/mol. The molecule has 3 aromatic carbocycles. The lowest BCUT2D eigenvalue weighted by Crippen LogP contribution is -2.28. The van der Waals surface area contributed by atoms with E-state index in [9.17, 15) is 4.79 Å². The minimum absolute atomic E-state index is 0.256. The molecule has 3 N–H and O–H groups in total. The van der Waals surface area contributed by atoms with Crippen LogP contribution in [-0.4, -0.2) is 23.1 Å². The third kappa shape index (κ3) is 5.86. The summed E-state index contributed by atoms with van der Waals surface area (Å²) in [6, 6.07) is 24.8. The van der Waals surface area contributed by atoms with E-state index in [1.54, 1.807) is 7.11 Å². The van der Waals surface area contributed by atoms with Crippen molar-refractivity contribution in [1.82, 2.24) is 15.3 Å². The molecule has 0 radical (unpaired) electrons. The molecule has 1 aromatic heterocycles. The molecule has 0 aliphatic rings. The Morgan fingerprint density at radius 1 is 0.909 bits per heavy atom. The van der Waals surface area contributed by atoms with Crippen molar-refractivity contribution in [3.05, 3.63) is 96.3 Å². The van der Waals surface area contributed by atoms with E-state index >= 15 is 0 Å². The summed E-state index contributed by atoms with van der Waals surface area (Å²) in [4.78, 5) is 20.9. The van der Waals surface area contributed by atoms with Gasteiger partial charge in [0, 0.05) is 29.5 Å². The molecule has 0 aliphatic heterocycles. The number of carbonyl (C=O) groups is 1. The minimum Gasteiger partial charge on any atom is -0.496 e. The molecule has 7 heteroatoms. The average molecular weight is 440 g/mol. The van der Waals surface area contributed by atoms with Crippen LogP contribution in [0, 0.1) is 6.92 Å². The van der Waals surface area contributed by atoms with E-state index in [4.69, 9.17) is 4.74 Å². The van der Waals surface area contributed by atoms with Gasteiger partial charge in [0.25, 0.3) is 0 Å². The maximum absolute atomic E-state index is 12.2. The van der Waals surface area contributed by atoms with Crippen molar-refractivity contribution < 1.29 is 9.53 Å². The molecule has 7 nitrogen and oxygen atoms in total. The zero-order valence-corrected chi connectivity index (χ0v) is 18.5. The van der Waals surface area contributed by atoms with Crippen LogP contribution in [0.1, 0.15) is 11.1 Å². The first-order chi connectivity index (χ1) is 16.1. The van der Waals surface area contributed by atoms with E-state index in [1.807, 2.05) is 85.8 Å². The zero-order chi connectivity index (χ0) is 23.0. The fourth-order valence-corrected chi connectivity index (χ4v) is 3.28. The van der Waals surface area contributed by atoms with Crippen LogP contribution in [-0.2, 0) is 6.54 Å². The summed E-state index contributed by atoms with van der Waals surface area (Å²) in [7, 11) is 1.64. The number of methoxy groups -OCH3 is 1. The molecule has 33 heavy (non-hydrogen) atoms. The highest BCUT2D eigenvalue weighted by atomic mass is 16.5. The van der Waals surface area contributed by atoms with Crippen LogP contribution in [0.4, 0.5) is 22.0 Å². The van der Waals surface area contributed by atoms with Crippen molar-refractivity contribution in [3.63, 3.8) is 0 Å². The Morgan fingerprint density at radius 3 is 2.39 bits per heavy atom. The number of aromatic nitrogens is 2. The number of benzene rings is 3. The van der Waals surface area contributed by atoms with Crippen LogP contribution >= 0.6 is 0 Å². The molecule has 2 amide bonds. The molecule has 0 spiro atoms. The van der Waals surface area contributed by atoms with Gasteiger partial charge in [0.2, 0.25) is 0 Å². The van der Waals surface area contributed by atoms with Gasteiger partial charge < -0.3 is 20.7 Å². The maximum Gasteiger partial charge on any atom is 0.319 e. The number of nitrogens with one attached hydrogen (secondary N) is 3. The number of carbonyl (C=O) groups excluding carboxylic acids is 1. The lowest BCUT2D eigenvalue weighted by molar-refractivity contribution is 0.251. The quantitative estimate of drug-likeness (QED) is 0.353. The van der Waals surface area contributed by atoms with Crippen LogP contribution in [0.5, 0.6) is 5.75 Å². The van der Waals surface area contributed by atoms with Gasteiger partial charge in [-0.05, 0) is 48.9 Å². The largest absolute Gasteiger partial charge is 0.496 e. The summed E-state index contributed by atoms with van der Waals surface area (Å²) in [5.74, 6) is 1.40. The third-order valence-electron chi connectivity index (χ3n) is 5.04. The van der Waals surface area contributed by atoms with Crippen molar-refractivity contribution in [3.8, 4) is 17.0 Å². The Kier molecular flexibility index (Phi) is 6.80. The van der Waals surface area contributed by atoms with Gasteiger partial charge in [-0.1, -0.05) is 42.0 Å². The molecule has 0 fully saturated rings. The predicted octanol–water partition coefficient (Wildman–Crippen LogP) is 5.53. The molecule has 0 bridgehead atoms. The van der Waals surface area contributed by atoms with E-state index in [2.05, 4.69) is 25.9 Å². The molecule has 0 aliphatic carbocycles. The minimum atomic E-state index is -0.256. The highest BCUT2D eigenvalue weighted by Gasteiger charge is 2.08. The molecule has 4 rings (SSSR count). The fourth-order valence-electron chi connectivity index (χ4n) is 3.28. The van der Waals surface area contributed by atoms with Crippen molar-refractivity contribution in [1.29, 1.82) is 0 Å². The number of aryl methyl sites for hydroxylation is 1. The summed E-state index contributed by atoms with van der Waals surface area (Å²) < 4.78 is 5.43. The van der Waals surface area contributed by atoms with Gasteiger partial charge >= 0.3 is 6.03 Å². The molecule has 0 saturated carbocycles. The standard InChI is InChI=1S/C26H25N5O2/c1-18-7-9-19(10-8-18)16-27-26(32)31-21-13-11-20(12-14-21)30-25-15-23(28-17-29-25)22-5-3-4-6-24(22)33-2/h3-15,17H,16H2,1-2H3,(H2,27,31,32)(H,28,29,30).